The second-order valence-electron chi connectivity index (χ2n) is 4.41. The zero-order chi connectivity index (χ0) is 13.0. The Hall–Kier alpha value is -0.650. The van der Waals surface area contributed by atoms with E-state index in [1.807, 2.05) is 11.8 Å². The summed E-state index contributed by atoms with van der Waals surface area (Å²) in [5.41, 5.74) is 7.38. The van der Waals surface area contributed by atoms with E-state index in [2.05, 4.69) is 4.90 Å². The molecule has 0 atom stereocenters. The number of nitrogens with two attached hydrogens (primary N) is 1. The third-order valence-corrected chi connectivity index (χ3v) is 4.31. The summed E-state index contributed by atoms with van der Waals surface area (Å²) in [6, 6.07) is 4.64. The average molecular weight is 284 g/mol. The molecule has 2 nitrogen and oxygen atoms in total. The van der Waals surface area contributed by atoms with Gasteiger partial charge in [-0.1, -0.05) is 12.2 Å². The zero-order valence-corrected chi connectivity index (χ0v) is 11.8. The number of hydrogen-bond donors (Lipinski definition) is 1. The molecule has 0 unspecified atom stereocenters. The number of nitrogens with zero attached hydrogens (tertiary/aromatic N) is 1. The highest BCUT2D eigenvalue weighted by atomic mass is 32.2. The predicted molar refractivity (Wildman–Crippen MR) is 79.5 cm³/mol. The summed E-state index contributed by atoms with van der Waals surface area (Å²) < 4.78 is 13.3. The van der Waals surface area contributed by atoms with E-state index in [1.54, 1.807) is 12.1 Å². The van der Waals surface area contributed by atoms with Crippen LogP contribution < -0.4 is 5.73 Å². The Morgan fingerprint density at radius 3 is 3.00 bits per heavy atom. The number of halogens is 1. The highest BCUT2D eigenvalue weighted by molar-refractivity contribution is 7.99. The molecule has 1 aromatic carbocycles. The van der Waals surface area contributed by atoms with Gasteiger partial charge in [0.05, 0.1) is 0 Å². The van der Waals surface area contributed by atoms with Gasteiger partial charge in [-0.25, -0.2) is 4.39 Å². The molecule has 0 radical (unpaired) electrons. The third kappa shape index (κ3) is 3.67. The molecule has 1 heterocycles. The van der Waals surface area contributed by atoms with E-state index in [4.69, 9.17) is 18.0 Å². The van der Waals surface area contributed by atoms with Gasteiger partial charge in [-0.05, 0) is 42.5 Å². The van der Waals surface area contributed by atoms with Gasteiger partial charge in [0.25, 0.3) is 0 Å². The van der Waals surface area contributed by atoms with Gasteiger partial charge in [-0.2, -0.15) is 11.8 Å². The molecule has 0 aliphatic carbocycles. The first-order valence-electron chi connectivity index (χ1n) is 6.05. The first-order valence-corrected chi connectivity index (χ1v) is 7.61. The van der Waals surface area contributed by atoms with Crippen molar-refractivity contribution >= 4 is 29.0 Å². The molecule has 2 N–H and O–H groups in total. The summed E-state index contributed by atoms with van der Waals surface area (Å²) in [4.78, 5) is 2.69. The van der Waals surface area contributed by atoms with Gasteiger partial charge in [-0.3, -0.25) is 4.90 Å². The van der Waals surface area contributed by atoms with Crippen LogP contribution in [-0.4, -0.2) is 34.5 Å². The maximum Gasteiger partial charge on any atom is 0.123 e. The number of thioether (sulfide) groups is 1. The molecule has 5 heteroatoms. The average Bonchev–Trinajstić information content (AvgIpc) is 2.57. The lowest BCUT2D eigenvalue weighted by Crippen LogP contribution is -2.27. The van der Waals surface area contributed by atoms with Crippen LogP contribution >= 0.6 is 24.0 Å². The van der Waals surface area contributed by atoms with Crippen LogP contribution in [0, 0.1) is 5.82 Å². The largest absolute Gasteiger partial charge is 0.389 e. The van der Waals surface area contributed by atoms with Crippen molar-refractivity contribution in [3.63, 3.8) is 0 Å². The van der Waals surface area contributed by atoms with E-state index in [0.717, 1.165) is 36.5 Å². The van der Waals surface area contributed by atoms with Crippen LogP contribution in [0.2, 0.25) is 0 Å². The Morgan fingerprint density at radius 1 is 1.39 bits per heavy atom. The molecule has 18 heavy (non-hydrogen) atoms. The van der Waals surface area contributed by atoms with Gasteiger partial charge in [0, 0.05) is 24.4 Å². The monoisotopic (exact) mass is 284 g/mol. The minimum Gasteiger partial charge on any atom is -0.389 e. The molecule has 1 aromatic rings. The molecular formula is C13H17FN2S2. The van der Waals surface area contributed by atoms with Gasteiger partial charge in [0.1, 0.15) is 10.8 Å². The molecule has 0 aromatic heterocycles. The van der Waals surface area contributed by atoms with Crippen LogP contribution in [0.1, 0.15) is 17.5 Å². The molecular weight excluding hydrogens is 267 g/mol. The summed E-state index contributed by atoms with van der Waals surface area (Å²) in [5, 5.41) is 0. The standard InChI is InChI=1S/C13H17FN2S2/c14-11-2-3-12(13(15)17)10(8-11)9-16-4-1-6-18-7-5-16/h2-3,8H,1,4-7,9H2,(H2,15,17). The van der Waals surface area contributed by atoms with Crippen molar-refractivity contribution < 1.29 is 4.39 Å². The topological polar surface area (TPSA) is 29.3 Å². The Kier molecular flexibility index (Phi) is 4.97. The second-order valence-corrected chi connectivity index (χ2v) is 6.07. The lowest BCUT2D eigenvalue weighted by atomic mass is 10.1. The summed E-state index contributed by atoms with van der Waals surface area (Å²) in [5.74, 6) is 2.12. The molecule has 1 fully saturated rings. The molecule has 0 amide bonds. The predicted octanol–water partition coefficient (Wildman–Crippen LogP) is 2.40. The van der Waals surface area contributed by atoms with Gasteiger partial charge < -0.3 is 5.73 Å². The molecule has 1 aliphatic heterocycles. The van der Waals surface area contributed by atoms with Crippen LogP contribution in [-0.2, 0) is 6.54 Å². The Morgan fingerprint density at radius 2 is 2.22 bits per heavy atom. The Labute approximate surface area is 117 Å². The fourth-order valence-electron chi connectivity index (χ4n) is 2.13. The summed E-state index contributed by atoms with van der Waals surface area (Å²) in [7, 11) is 0. The van der Waals surface area contributed by atoms with Crippen LogP contribution in [0.15, 0.2) is 18.2 Å². The van der Waals surface area contributed by atoms with Gasteiger partial charge in [-0.15, -0.1) is 0 Å². The Bertz CT molecular complexity index is 429. The minimum atomic E-state index is -0.228. The van der Waals surface area contributed by atoms with Crippen LogP contribution in [0.25, 0.3) is 0 Å². The van der Waals surface area contributed by atoms with Crippen molar-refractivity contribution in [3.8, 4) is 0 Å². The summed E-state index contributed by atoms with van der Waals surface area (Å²) in [6.07, 6.45) is 1.18. The zero-order valence-electron chi connectivity index (χ0n) is 10.2. The minimum absolute atomic E-state index is 0.228. The van der Waals surface area contributed by atoms with Gasteiger partial charge in [0.15, 0.2) is 0 Å². The molecule has 2 rings (SSSR count). The molecule has 0 bridgehead atoms. The van der Waals surface area contributed by atoms with E-state index in [-0.39, 0.29) is 5.82 Å². The normalized spacial score (nSPS) is 17.4. The van der Waals surface area contributed by atoms with Crippen molar-refractivity contribution in [2.75, 3.05) is 24.6 Å². The number of hydrogen-bond acceptors (Lipinski definition) is 3. The maximum atomic E-state index is 13.3. The molecule has 0 saturated carbocycles. The first-order chi connectivity index (χ1) is 8.66. The van der Waals surface area contributed by atoms with Crippen LogP contribution in [0.5, 0.6) is 0 Å². The molecule has 1 aliphatic rings. The fourth-order valence-corrected chi connectivity index (χ4v) is 3.25. The first kappa shape index (κ1) is 13.8. The maximum absolute atomic E-state index is 13.3. The number of thiocarbonyl (C=S) groups is 1. The molecule has 1 saturated heterocycles. The second kappa shape index (κ2) is 6.50. The number of rotatable bonds is 3. The van der Waals surface area contributed by atoms with E-state index >= 15 is 0 Å². The number of benzene rings is 1. The van der Waals surface area contributed by atoms with Crippen LogP contribution in [0.4, 0.5) is 4.39 Å². The quantitative estimate of drug-likeness (QED) is 0.863. The smallest absolute Gasteiger partial charge is 0.123 e. The third-order valence-electron chi connectivity index (χ3n) is 3.04. The summed E-state index contributed by atoms with van der Waals surface area (Å²) in [6.45, 7) is 2.82. The summed E-state index contributed by atoms with van der Waals surface area (Å²) >= 11 is 7.00. The van der Waals surface area contributed by atoms with Crippen LogP contribution in [0.3, 0.4) is 0 Å². The van der Waals surface area contributed by atoms with E-state index in [9.17, 15) is 4.39 Å². The van der Waals surface area contributed by atoms with Gasteiger partial charge >= 0.3 is 0 Å². The van der Waals surface area contributed by atoms with Crippen molar-refractivity contribution in [2.45, 2.75) is 13.0 Å². The van der Waals surface area contributed by atoms with E-state index < -0.39 is 0 Å². The van der Waals surface area contributed by atoms with Gasteiger partial charge in [0.2, 0.25) is 0 Å². The molecule has 98 valence electrons. The van der Waals surface area contributed by atoms with E-state index in [0.29, 0.717) is 4.99 Å². The lowest BCUT2D eigenvalue weighted by Gasteiger charge is -2.21. The van der Waals surface area contributed by atoms with E-state index in [1.165, 1.54) is 18.2 Å². The molecule has 0 spiro atoms. The SMILES string of the molecule is NC(=S)c1ccc(F)cc1CN1CCCSCC1. The lowest BCUT2D eigenvalue weighted by molar-refractivity contribution is 0.287. The van der Waals surface area contributed by atoms with Crippen molar-refractivity contribution in [1.29, 1.82) is 0 Å². The Balaban J connectivity index is 2.15. The van der Waals surface area contributed by atoms with Crippen molar-refractivity contribution in [1.82, 2.24) is 4.90 Å². The highest BCUT2D eigenvalue weighted by Gasteiger charge is 2.13. The van der Waals surface area contributed by atoms with Crippen molar-refractivity contribution in [2.24, 2.45) is 5.73 Å². The highest BCUT2D eigenvalue weighted by Crippen LogP contribution is 2.17. The fraction of sp³-hybridized carbons (Fsp3) is 0.462. The van der Waals surface area contributed by atoms with Crippen molar-refractivity contribution in [3.05, 3.63) is 35.1 Å².